The highest BCUT2D eigenvalue weighted by Gasteiger charge is 2.47. The molecule has 0 spiro atoms. The third kappa shape index (κ3) is 2.04. The van der Waals surface area contributed by atoms with Gasteiger partial charge in [-0.15, -0.1) is 11.3 Å². The minimum absolute atomic E-state index is 0.998. The van der Waals surface area contributed by atoms with Crippen LogP contribution in [0.25, 0.3) is 0 Å². The van der Waals surface area contributed by atoms with Crippen LogP contribution in [0.3, 0.4) is 0 Å². The predicted molar refractivity (Wildman–Crippen MR) is 76.6 cm³/mol. The molecule has 4 bridgehead atoms. The Labute approximate surface area is 114 Å². The third-order valence-corrected chi connectivity index (χ3v) is 6.56. The van der Waals surface area contributed by atoms with E-state index in [1.165, 1.54) is 11.4 Å². The first kappa shape index (κ1) is 11.5. The second kappa shape index (κ2) is 4.64. The van der Waals surface area contributed by atoms with Gasteiger partial charge in [-0.2, -0.15) is 0 Å². The van der Waals surface area contributed by atoms with Crippen LogP contribution in [0.2, 0.25) is 0 Å². The molecule has 1 nitrogen and oxygen atoms in total. The Bertz CT molecular complexity index is 369. The van der Waals surface area contributed by atoms with E-state index in [-0.39, 0.29) is 0 Å². The van der Waals surface area contributed by atoms with Crippen molar-refractivity contribution in [3.63, 3.8) is 0 Å². The van der Waals surface area contributed by atoms with E-state index < -0.39 is 0 Å². The zero-order chi connectivity index (χ0) is 11.9. The molecule has 98 valence electrons. The quantitative estimate of drug-likeness (QED) is 0.866. The minimum Gasteiger partial charge on any atom is -0.312 e. The van der Waals surface area contributed by atoms with Crippen LogP contribution in [0.4, 0.5) is 0 Å². The van der Waals surface area contributed by atoms with Gasteiger partial charge in [0.05, 0.1) is 0 Å². The van der Waals surface area contributed by atoms with E-state index in [2.05, 4.69) is 22.8 Å². The topological polar surface area (TPSA) is 12.0 Å². The summed E-state index contributed by atoms with van der Waals surface area (Å²) in [6.07, 6.45) is 7.79. The zero-order valence-corrected chi connectivity index (χ0v) is 11.8. The maximum Gasteiger partial charge on any atom is 0.0299 e. The predicted octanol–water partition coefficient (Wildman–Crippen LogP) is 3.91. The lowest BCUT2D eigenvalue weighted by Crippen LogP contribution is -2.48. The summed E-state index contributed by atoms with van der Waals surface area (Å²) in [5.74, 6) is 5.36. The zero-order valence-electron chi connectivity index (χ0n) is 11.0. The largest absolute Gasteiger partial charge is 0.312 e. The molecule has 1 aromatic rings. The first-order valence-corrected chi connectivity index (χ1v) is 8.49. The third-order valence-electron chi connectivity index (χ3n) is 5.68. The van der Waals surface area contributed by atoms with Gasteiger partial charge in [0.1, 0.15) is 0 Å². The van der Waals surface area contributed by atoms with Gasteiger partial charge in [0, 0.05) is 11.4 Å². The van der Waals surface area contributed by atoms with Gasteiger partial charge < -0.3 is 5.32 Å². The number of thiophene rings is 1. The SMILES string of the molecule is c1csc(CNCC2C3CC4CC(C3)CC2C4)c1. The average molecular weight is 261 g/mol. The fraction of sp³-hybridized carbons (Fsp3) is 0.750. The second-order valence-corrected chi connectivity index (χ2v) is 7.84. The van der Waals surface area contributed by atoms with Gasteiger partial charge >= 0.3 is 0 Å². The molecule has 4 fully saturated rings. The first-order chi connectivity index (χ1) is 8.88. The summed E-state index contributed by atoms with van der Waals surface area (Å²) in [6, 6.07) is 4.40. The molecular weight excluding hydrogens is 238 g/mol. The molecular formula is C16H23NS. The minimum atomic E-state index is 0.998. The normalized spacial score (nSPS) is 41.4. The molecule has 0 unspecified atom stereocenters. The Morgan fingerprint density at radius 3 is 2.39 bits per heavy atom. The summed E-state index contributed by atoms with van der Waals surface area (Å²) < 4.78 is 0. The summed E-state index contributed by atoms with van der Waals surface area (Å²) in [5.41, 5.74) is 0. The van der Waals surface area contributed by atoms with Crippen molar-refractivity contribution < 1.29 is 0 Å². The van der Waals surface area contributed by atoms with Crippen LogP contribution in [0.5, 0.6) is 0 Å². The van der Waals surface area contributed by atoms with E-state index in [1.54, 1.807) is 32.1 Å². The molecule has 4 aliphatic rings. The van der Waals surface area contributed by atoms with E-state index in [4.69, 9.17) is 0 Å². The molecule has 1 aromatic heterocycles. The molecule has 4 saturated carbocycles. The van der Waals surface area contributed by atoms with Crippen LogP contribution >= 0.6 is 11.3 Å². The molecule has 0 radical (unpaired) electrons. The Morgan fingerprint density at radius 2 is 1.78 bits per heavy atom. The molecule has 5 rings (SSSR count). The lowest BCUT2D eigenvalue weighted by molar-refractivity contribution is -0.0355. The monoisotopic (exact) mass is 261 g/mol. The Hall–Kier alpha value is -0.340. The standard InChI is InChI=1S/C16H23NS/c1-2-15(18-3-1)9-17-10-16-13-5-11-4-12(7-13)8-14(16)6-11/h1-3,11-14,16-17H,4-10H2. The summed E-state index contributed by atoms with van der Waals surface area (Å²) in [5, 5.41) is 5.91. The highest BCUT2D eigenvalue weighted by Crippen LogP contribution is 2.56. The molecule has 0 saturated heterocycles. The average Bonchev–Trinajstić information content (AvgIpc) is 2.85. The van der Waals surface area contributed by atoms with Gasteiger partial charge in [-0.05, 0) is 79.7 Å². The van der Waals surface area contributed by atoms with Crippen LogP contribution < -0.4 is 5.32 Å². The van der Waals surface area contributed by atoms with Gasteiger partial charge in [0.2, 0.25) is 0 Å². The maximum absolute atomic E-state index is 3.73. The Morgan fingerprint density at radius 1 is 1.06 bits per heavy atom. The maximum atomic E-state index is 3.73. The van der Waals surface area contributed by atoms with Crippen LogP contribution in [0, 0.1) is 29.6 Å². The van der Waals surface area contributed by atoms with Crippen molar-refractivity contribution in [1.29, 1.82) is 0 Å². The summed E-state index contributed by atoms with van der Waals surface area (Å²) >= 11 is 1.88. The van der Waals surface area contributed by atoms with Gasteiger partial charge in [-0.25, -0.2) is 0 Å². The van der Waals surface area contributed by atoms with E-state index >= 15 is 0 Å². The molecule has 0 atom stereocenters. The summed E-state index contributed by atoms with van der Waals surface area (Å²) in [6.45, 7) is 2.35. The number of hydrogen-bond donors (Lipinski definition) is 1. The molecule has 0 amide bonds. The highest BCUT2D eigenvalue weighted by atomic mass is 32.1. The Kier molecular flexibility index (Phi) is 2.96. The van der Waals surface area contributed by atoms with Crippen LogP contribution in [0.15, 0.2) is 17.5 Å². The molecule has 0 aromatic carbocycles. The smallest absolute Gasteiger partial charge is 0.0299 e. The molecule has 0 aliphatic heterocycles. The molecule has 2 heteroatoms. The van der Waals surface area contributed by atoms with E-state index in [0.717, 1.165) is 36.1 Å². The Balaban J connectivity index is 1.35. The van der Waals surface area contributed by atoms with Gasteiger partial charge in [0.25, 0.3) is 0 Å². The molecule has 1 heterocycles. The summed E-state index contributed by atoms with van der Waals surface area (Å²) in [4.78, 5) is 1.49. The summed E-state index contributed by atoms with van der Waals surface area (Å²) in [7, 11) is 0. The second-order valence-electron chi connectivity index (χ2n) is 6.80. The highest BCUT2D eigenvalue weighted by molar-refractivity contribution is 7.09. The van der Waals surface area contributed by atoms with E-state index in [9.17, 15) is 0 Å². The lowest BCUT2D eigenvalue weighted by Gasteiger charge is -2.54. The van der Waals surface area contributed by atoms with Crippen LogP contribution in [-0.2, 0) is 6.54 Å². The molecule has 4 aliphatic carbocycles. The van der Waals surface area contributed by atoms with Crippen molar-refractivity contribution in [2.75, 3.05) is 6.54 Å². The molecule has 1 N–H and O–H groups in total. The molecule has 18 heavy (non-hydrogen) atoms. The van der Waals surface area contributed by atoms with Crippen molar-refractivity contribution in [3.05, 3.63) is 22.4 Å². The number of hydrogen-bond acceptors (Lipinski definition) is 2. The van der Waals surface area contributed by atoms with Gasteiger partial charge in [0.15, 0.2) is 0 Å². The van der Waals surface area contributed by atoms with Crippen molar-refractivity contribution in [2.24, 2.45) is 29.6 Å². The van der Waals surface area contributed by atoms with E-state index in [0.29, 0.717) is 0 Å². The van der Waals surface area contributed by atoms with Crippen molar-refractivity contribution in [1.82, 2.24) is 5.32 Å². The van der Waals surface area contributed by atoms with Crippen LogP contribution in [-0.4, -0.2) is 6.54 Å². The van der Waals surface area contributed by atoms with E-state index in [1.807, 2.05) is 11.3 Å². The van der Waals surface area contributed by atoms with Crippen molar-refractivity contribution in [3.8, 4) is 0 Å². The number of nitrogens with one attached hydrogen (secondary N) is 1. The first-order valence-electron chi connectivity index (χ1n) is 7.61. The number of rotatable bonds is 4. The van der Waals surface area contributed by atoms with Crippen molar-refractivity contribution in [2.45, 2.75) is 38.6 Å². The fourth-order valence-electron chi connectivity index (χ4n) is 5.15. The lowest BCUT2D eigenvalue weighted by atomic mass is 9.52. The van der Waals surface area contributed by atoms with Crippen molar-refractivity contribution >= 4 is 11.3 Å². The fourth-order valence-corrected chi connectivity index (χ4v) is 5.82. The van der Waals surface area contributed by atoms with Gasteiger partial charge in [-0.3, -0.25) is 0 Å². The van der Waals surface area contributed by atoms with Crippen LogP contribution in [0.1, 0.15) is 37.0 Å². The van der Waals surface area contributed by atoms with Gasteiger partial charge in [-0.1, -0.05) is 6.07 Å².